The third kappa shape index (κ3) is 3.96. The molecular formula is C12H13BrN2O3. The topological polar surface area (TPSA) is 72.2 Å². The van der Waals surface area contributed by atoms with E-state index < -0.39 is 4.92 Å². The van der Waals surface area contributed by atoms with E-state index in [2.05, 4.69) is 21.2 Å². The Labute approximate surface area is 113 Å². The molecular weight excluding hydrogens is 300 g/mol. The highest BCUT2D eigenvalue weighted by molar-refractivity contribution is 9.10. The van der Waals surface area contributed by atoms with Crippen LogP contribution in [0.3, 0.4) is 0 Å². The molecule has 0 fully saturated rings. The van der Waals surface area contributed by atoms with Crippen molar-refractivity contribution in [1.29, 1.82) is 0 Å². The number of rotatable bonds is 4. The van der Waals surface area contributed by atoms with Crippen LogP contribution in [0.15, 0.2) is 34.3 Å². The van der Waals surface area contributed by atoms with Gasteiger partial charge in [-0.15, -0.1) is 0 Å². The van der Waals surface area contributed by atoms with E-state index in [0.29, 0.717) is 11.0 Å². The average Bonchev–Trinajstić information content (AvgIpc) is 2.28. The predicted molar refractivity (Wildman–Crippen MR) is 72.6 cm³/mol. The van der Waals surface area contributed by atoms with Gasteiger partial charge in [-0.2, -0.15) is 0 Å². The maximum atomic E-state index is 11.8. The van der Waals surface area contributed by atoms with Gasteiger partial charge in [0.1, 0.15) is 0 Å². The number of halogens is 1. The van der Waals surface area contributed by atoms with Gasteiger partial charge in [-0.1, -0.05) is 11.6 Å². The SMILES string of the molecule is CC(C)=CCNC(=O)c1cc([N+](=O)[O-])ccc1Br. The van der Waals surface area contributed by atoms with Crippen molar-refractivity contribution >= 4 is 27.5 Å². The number of hydrogen-bond donors (Lipinski definition) is 1. The van der Waals surface area contributed by atoms with Crippen LogP contribution in [0.5, 0.6) is 0 Å². The van der Waals surface area contributed by atoms with Crippen LogP contribution in [0, 0.1) is 10.1 Å². The molecule has 0 bridgehead atoms. The van der Waals surface area contributed by atoms with E-state index in [0.717, 1.165) is 5.57 Å². The van der Waals surface area contributed by atoms with Crippen molar-refractivity contribution in [2.75, 3.05) is 6.54 Å². The van der Waals surface area contributed by atoms with Gasteiger partial charge in [0.2, 0.25) is 0 Å². The summed E-state index contributed by atoms with van der Waals surface area (Å²) in [7, 11) is 0. The summed E-state index contributed by atoms with van der Waals surface area (Å²) in [6.45, 7) is 4.25. The van der Waals surface area contributed by atoms with Gasteiger partial charge in [0, 0.05) is 23.2 Å². The molecule has 0 aromatic heterocycles. The quantitative estimate of drug-likeness (QED) is 0.527. The van der Waals surface area contributed by atoms with Crippen LogP contribution in [0.1, 0.15) is 24.2 Å². The molecule has 0 saturated heterocycles. The molecule has 5 nitrogen and oxygen atoms in total. The molecule has 1 amide bonds. The first-order chi connectivity index (χ1) is 8.41. The number of hydrogen-bond acceptors (Lipinski definition) is 3. The van der Waals surface area contributed by atoms with Crippen LogP contribution < -0.4 is 5.32 Å². The Morgan fingerprint density at radius 2 is 2.17 bits per heavy atom. The van der Waals surface area contributed by atoms with E-state index in [4.69, 9.17) is 0 Å². The summed E-state index contributed by atoms with van der Waals surface area (Å²) in [5.74, 6) is -0.344. The lowest BCUT2D eigenvalue weighted by Crippen LogP contribution is -2.24. The first-order valence-electron chi connectivity index (χ1n) is 5.27. The number of amides is 1. The normalized spacial score (nSPS) is 9.72. The fourth-order valence-corrected chi connectivity index (χ4v) is 1.67. The van der Waals surface area contributed by atoms with Crippen molar-refractivity contribution in [3.05, 3.63) is 50.0 Å². The first-order valence-corrected chi connectivity index (χ1v) is 6.06. The number of non-ortho nitro benzene ring substituents is 1. The molecule has 0 heterocycles. The molecule has 0 aliphatic carbocycles. The Morgan fingerprint density at radius 3 is 2.72 bits per heavy atom. The van der Waals surface area contributed by atoms with E-state index in [1.165, 1.54) is 18.2 Å². The molecule has 0 spiro atoms. The number of nitro groups is 1. The lowest BCUT2D eigenvalue weighted by atomic mass is 10.2. The fraction of sp³-hybridized carbons (Fsp3) is 0.250. The van der Waals surface area contributed by atoms with Crippen molar-refractivity contribution in [2.45, 2.75) is 13.8 Å². The molecule has 0 radical (unpaired) electrons. The average molecular weight is 313 g/mol. The smallest absolute Gasteiger partial charge is 0.270 e. The molecule has 1 rings (SSSR count). The highest BCUT2D eigenvalue weighted by atomic mass is 79.9. The minimum Gasteiger partial charge on any atom is -0.349 e. The Hall–Kier alpha value is -1.69. The van der Waals surface area contributed by atoms with Crippen molar-refractivity contribution in [1.82, 2.24) is 5.32 Å². The molecule has 96 valence electrons. The molecule has 6 heteroatoms. The van der Waals surface area contributed by atoms with Gasteiger partial charge in [0.25, 0.3) is 11.6 Å². The van der Waals surface area contributed by atoms with Crippen molar-refractivity contribution in [2.24, 2.45) is 0 Å². The van der Waals surface area contributed by atoms with Crippen LogP contribution in [0.2, 0.25) is 0 Å². The number of nitro benzene ring substituents is 1. The van der Waals surface area contributed by atoms with Crippen LogP contribution in [-0.2, 0) is 0 Å². The van der Waals surface area contributed by atoms with E-state index in [1.807, 2.05) is 19.9 Å². The van der Waals surface area contributed by atoms with Gasteiger partial charge in [-0.3, -0.25) is 14.9 Å². The second-order valence-corrected chi connectivity index (χ2v) is 4.77. The lowest BCUT2D eigenvalue weighted by molar-refractivity contribution is -0.384. The van der Waals surface area contributed by atoms with E-state index in [1.54, 1.807) is 0 Å². The predicted octanol–water partition coefficient (Wildman–Crippen LogP) is 3.05. The van der Waals surface area contributed by atoms with Gasteiger partial charge in [-0.05, 0) is 35.8 Å². The highest BCUT2D eigenvalue weighted by Crippen LogP contribution is 2.22. The van der Waals surface area contributed by atoms with Gasteiger partial charge in [0.05, 0.1) is 10.5 Å². The van der Waals surface area contributed by atoms with Crippen LogP contribution in [0.4, 0.5) is 5.69 Å². The van der Waals surface area contributed by atoms with Gasteiger partial charge in [-0.25, -0.2) is 0 Å². The molecule has 1 aromatic carbocycles. The Morgan fingerprint density at radius 1 is 1.50 bits per heavy atom. The molecule has 0 aliphatic heterocycles. The van der Waals surface area contributed by atoms with E-state index >= 15 is 0 Å². The maximum absolute atomic E-state index is 11.8. The zero-order valence-corrected chi connectivity index (χ0v) is 11.7. The summed E-state index contributed by atoms with van der Waals surface area (Å²) in [4.78, 5) is 21.9. The van der Waals surface area contributed by atoms with Crippen LogP contribution in [0.25, 0.3) is 0 Å². The summed E-state index contributed by atoms with van der Waals surface area (Å²) < 4.78 is 0.530. The van der Waals surface area contributed by atoms with Crippen molar-refractivity contribution in [3.63, 3.8) is 0 Å². The minimum atomic E-state index is -0.528. The molecule has 1 N–H and O–H groups in total. The Balaban J connectivity index is 2.88. The molecule has 0 saturated carbocycles. The Kier molecular flexibility index (Phi) is 5.03. The second-order valence-electron chi connectivity index (χ2n) is 3.91. The largest absolute Gasteiger partial charge is 0.349 e. The highest BCUT2D eigenvalue weighted by Gasteiger charge is 2.14. The summed E-state index contributed by atoms with van der Waals surface area (Å²) in [6.07, 6.45) is 1.86. The number of benzene rings is 1. The number of carbonyl (C=O) groups is 1. The maximum Gasteiger partial charge on any atom is 0.270 e. The third-order valence-corrected chi connectivity index (χ3v) is 2.87. The molecule has 1 aromatic rings. The standard InChI is InChI=1S/C12H13BrN2O3/c1-8(2)5-6-14-12(16)10-7-9(15(17)18)3-4-11(10)13/h3-5,7H,6H2,1-2H3,(H,14,16). The Bertz CT molecular complexity index is 508. The van der Waals surface area contributed by atoms with Gasteiger partial charge in [0.15, 0.2) is 0 Å². The first kappa shape index (κ1) is 14.4. The molecule has 0 unspecified atom stereocenters. The zero-order chi connectivity index (χ0) is 13.7. The second kappa shape index (κ2) is 6.30. The van der Waals surface area contributed by atoms with Crippen molar-refractivity contribution in [3.8, 4) is 0 Å². The lowest BCUT2D eigenvalue weighted by Gasteiger charge is -2.05. The fourth-order valence-electron chi connectivity index (χ4n) is 1.24. The molecule has 18 heavy (non-hydrogen) atoms. The number of nitrogens with zero attached hydrogens (tertiary/aromatic N) is 1. The van der Waals surface area contributed by atoms with E-state index in [-0.39, 0.29) is 17.2 Å². The summed E-state index contributed by atoms with van der Waals surface area (Å²) in [5.41, 5.74) is 1.24. The molecule has 0 aliphatic rings. The number of allylic oxidation sites excluding steroid dienone is 1. The number of carbonyl (C=O) groups excluding carboxylic acids is 1. The van der Waals surface area contributed by atoms with Crippen molar-refractivity contribution < 1.29 is 9.72 Å². The zero-order valence-electron chi connectivity index (χ0n) is 10.1. The molecule has 0 atom stereocenters. The third-order valence-electron chi connectivity index (χ3n) is 2.18. The van der Waals surface area contributed by atoms with Crippen LogP contribution in [-0.4, -0.2) is 17.4 Å². The van der Waals surface area contributed by atoms with Gasteiger partial charge >= 0.3 is 0 Å². The summed E-state index contributed by atoms with van der Waals surface area (Å²) in [6, 6.07) is 4.09. The summed E-state index contributed by atoms with van der Waals surface area (Å²) in [5, 5.41) is 13.3. The van der Waals surface area contributed by atoms with E-state index in [9.17, 15) is 14.9 Å². The minimum absolute atomic E-state index is 0.106. The number of nitrogens with one attached hydrogen (secondary N) is 1. The van der Waals surface area contributed by atoms with Crippen LogP contribution >= 0.6 is 15.9 Å². The van der Waals surface area contributed by atoms with Gasteiger partial charge < -0.3 is 5.32 Å². The monoisotopic (exact) mass is 312 g/mol. The summed E-state index contributed by atoms with van der Waals surface area (Å²) >= 11 is 3.20.